The maximum absolute atomic E-state index is 11.2. The van der Waals surface area contributed by atoms with E-state index in [0.29, 0.717) is 13.2 Å². The molecule has 0 bridgehead atoms. The molecule has 1 saturated heterocycles. The molecule has 0 spiro atoms. The quantitative estimate of drug-likeness (QED) is 0.788. The number of rotatable bonds is 1. The van der Waals surface area contributed by atoms with Crippen molar-refractivity contribution in [3.05, 3.63) is 46.2 Å². The summed E-state index contributed by atoms with van der Waals surface area (Å²) in [6.07, 6.45) is -0.298. The Morgan fingerprint density at radius 1 is 1.12 bits per heavy atom. The fourth-order valence-electron chi connectivity index (χ4n) is 1.86. The van der Waals surface area contributed by atoms with Gasteiger partial charge >= 0.3 is 0 Å². The van der Waals surface area contributed by atoms with E-state index >= 15 is 0 Å². The van der Waals surface area contributed by atoms with Crippen LogP contribution in [0.2, 0.25) is 0 Å². The lowest BCUT2D eigenvalue weighted by Crippen LogP contribution is -2.04. The molecule has 0 atom stereocenters. The van der Waals surface area contributed by atoms with Crippen LogP contribution in [0.4, 0.5) is 0 Å². The van der Waals surface area contributed by atoms with Crippen molar-refractivity contribution in [2.45, 2.75) is 6.29 Å². The molecule has 16 heavy (non-hydrogen) atoms. The van der Waals surface area contributed by atoms with Crippen molar-refractivity contribution >= 4 is 10.9 Å². The van der Waals surface area contributed by atoms with Gasteiger partial charge in [-0.25, -0.2) is 0 Å². The van der Waals surface area contributed by atoms with E-state index in [-0.39, 0.29) is 11.8 Å². The van der Waals surface area contributed by atoms with Crippen molar-refractivity contribution in [1.29, 1.82) is 0 Å². The van der Waals surface area contributed by atoms with E-state index in [0.717, 1.165) is 16.5 Å². The van der Waals surface area contributed by atoms with Gasteiger partial charge in [-0.2, -0.15) is 0 Å². The second-order valence-corrected chi connectivity index (χ2v) is 3.74. The number of ether oxygens (including phenoxy) is 2. The first-order valence-electron chi connectivity index (χ1n) is 5.19. The van der Waals surface area contributed by atoms with E-state index in [4.69, 9.17) is 9.47 Å². The molecule has 1 aromatic heterocycles. The Morgan fingerprint density at radius 2 is 1.88 bits per heavy atom. The van der Waals surface area contributed by atoms with Crippen molar-refractivity contribution in [3.63, 3.8) is 0 Å². The van der Waals surface area contributed by atoms with Crippen LogP contribution in [0.15, 0.2) is 35.1 Å². The molecule has 0 saturated carbocycles. The highest BCUT2D eigenvalue weighted by molar-refractivity contribution is 5.78. The summed E-state index contributed by atoms with van der Waals surface area (Å²) >= 11 is 0. The van der Waals surface area contributed by atoms with Gasteiger partial charge < -0.3 is 14.5 Å². The highest BCUT2D eigenvalue weighted by Crippen LogP contribution is 2.25. The van der Waals surface area contributed by atoms with Crippen LogP contribution < -0.4 is 5.56 Å². The van der Waals surface area contributed by atoms with Gasteiger partial charge in [0, 0.05) is 17.1 Å². The lowest BCUT2D eigenvalue weighted by Gasteiger charge is -2.09. The fourth-order valence-corrected chi connectivity index (χ4v) is 1.86. The van der Waals surface area contributed by atoms with E-state index in [1.807, 2.05) is 18.2 Å². The minimum Gasteiger partial charge on any atom is -0.346 e. The van der Waals surface area contributed by atoms with Crippen molar-refractivity contribution in [3.8, 4) is 0 Å². The van der Waals surface area contributed by atoms with Gasteiger partial charge in [0.05, 0.1) is 13.2 Å². The normalized spacial score (nSPS) is 17.0. The van der Waals surface area contributed by atoms with Crippen molar-refractivity contribution < 1.29 is 9.47 Å². The third-order valence-corrected chi connectivity index (χ3v) is 2.64. The molecule has 1 fully saturated rings. The number of H-pyrrole nitrogens is 1. The smallest absolute Gasteiger partial charge is 0.248 e. The van der Waals surface area contributed by atoms with Gasteiger partial charge in [-0.05, 0) is 17.5 Å². The van der Waals surface area contributed by atoms with Crippen LogP contribution >= 0.6 is 0 Å². The Kier molecular flexibility index (Phi) is 2.23. The van der Waals surface area contributed by atoms with Crippen LogP contribution in [0, 0.1) is 0 Å². The van der Waals surface area contributed by atoms with E-state index in [9.17, 15) is 4.79 Å². The average Bonchev–Trinajstić information content (AvgIpc) is 2.81. The van der Waals surface area contributed by atoms with Gasteiger partial charge in [0.1, 0.15) is 0 Å². The molecule has 0 amide bonds. The lowest BCUT2D eigenvalue weighted by atomic mass is 10.1. The summed E-state index contributed by atoms with van der Waals surface area (Å²) in [5.41, 5.74) is 1.65. The standard InChI is InChI=1S/C12H11NO3/c14-11-4-3-8-1-2-9(7-10(8)13-11)12-15-5-6-16-12/h1-4,7,12H,5-6H2,(H,13,14). The first-order valence-corrected chi connectivity index (χ1v) is 5.19. The molecule has 1 aromatic carbocycles. The molecule has 4 heteroatoms. The first-order chi connectivity index (χ1) is 7.83. The molecule has 2 heterocycles. The number of hydrogen-bond donors (Lipinski definition) is 1. The molecule has 2 aromatic rings. The third kappa shape index (κ3) is 1.62. The van der Waals surface area contributed by atoms with E-state index in [1.54, 1.807) is 6.07 Å². The van der Waals surface area contributed by atoms with Gasteiger partial charge in [-0.3, -0.25) is 4.79 Å². The Hall–Kier alpha value is -1.65. The molecule has 0 aliphatic carbocycles. The highest BCUT2D eigenvalue weighted by Gasteiger charge is 2.18. The number of pyridine rings is 1. The lowest BCUT2D eigenvalue weighted by molar-refractivity contribution is -0.0440. The average molecular weight is 217 g/mol. The molecular formula is C12H11NO3. The van der Waals surface area contributed by atoms with E-state index in [2.05, 4.69) is 4.98 Å². The maximum atomic E-state index is 11.2. The number of aromatic nitrogens is 1. The highest BCUT2D eigenvalue weighted by atomic mass is 16.7. The SMILES string of the molecule is O=c1ccc2ccc(C3OCCO3)cc2[nH]1. The van der Waals surface area contributed by atoms with Crippen LogP contribution in [0.5, 0.6) is 0 Å². The second kappa shape index (κ2) is 3.73. The molecule has 82 valence electrons. The van der Waals surface area contributed by atoms with E-state index < -0.39 is 0 Å². The largest absolute Gasteiger partial charge is 0.346 e. The molecular weight excluding hydrogens is 206 g/mol. The minimum atomic E-state index is -0.298. The van der Waals surface area contributed by atoms with Crippen molar-refractivity contribution in [2.24, 2.45) is 0 Å². The van der Waals surface area contributed by atoms with Crippen molar-refractivity contribution in [1.82, 2.24) is 4.98 Å². The van der Waals surface area contributed by atoms with Crippen LogP contribution in [0.25, 0.3) is 10.9 Å². The van der Waals surface area contributed by atoms with Gasteiger partial charge in [0.25, 0.3) is 0 Å². The molecule has 4 nitrogen and oxygen atoms in total. The Morgan fingerprint density at radius 3 is 2.69 bits per heavy atom. The summed E-state index contributed by atoms with van der Waals surface area (Å²) in [6.45, 7) is 1.24. The summed E-state index contributed by atoms with van der Waals surface area (Å²) in [4.78, 5) is 14.0. The van der Waals surface area contributed by atoms with Crippen LogP contribution in [0.1, 0.15) is 11.9 Å². The van der Waals surface area contributed by atoms with Crippen LogP contribution in [0.3, 0.4) is 0 Å². The predicted octanol–water partition coefficient (Wildman–Crippen LogP) is 1.57. The van der Waals surface area contributed by atoms with E-state index in [1.165, 1.54) is 6.07 Å². The molecule has 3 rings (SSSR count). The summed E-state index contributed by atoms with van der Waals surface area (Å²) in [6, 6.07) is 9.12. The zero-order chi connectivity index (χ0) is 11.0. The second-order valence-electron chi connectivity index (χ2n) is 3.74. The monoisotopic (exact) mass is 217 g/mol. The van der Waals surface area contributed by atoms with Gasteiger partial charge in [-0.1, -0.05) is 12.1 Å². The molecule has 1 aliphatic rings. The number of aromatic amines is 1. The molecule has 1 N–H and O–H groups in total. The first kappa shape index (κ1) is 9.57. The molecule has 0 unspecified atom stereocenters. The Labute approximate surface area is 91.8 Å². The zero-order valence-electron chi connectivity index (χ0n) is 8.60. The number of hydrogen-bond acceptors (Lipinski definition) is 3. The Bertz CT molecular complexity index is 570. The van der Waals surface area contributed by atoms with Crippen LogP contribution in [-0.4, -0.2) is 18.2 Å². The zero-order valence-corrected chi connectivity index (χ0v) is 8.60. The van der Waals surface area contributed by atoms with Crippen molar-refractivity contribution in [2.75, 3.05) is 13.2 Å². The van der Waals surface area contributed by atoms with Gasteiger partial charge in [0.15, 0.2) is 6.29 Å². The van der Waals surface area contributed by atoms with Crippen LogP contribution in [-0.2, 0) is 9.47 Å². The summed E-state index contributed by atoms with van der Waals surface area (Å²) in [5, 5.41) is 1.00. The number of benzene rings is 1. The molecule has 0 radical (unpaired) electrons. The number of fused-ring (bicyclic) bond motifs is 1. The fraction of sp³-hybridized carbons (Fsp3) is 0.250. The topological polar surface area (TPSA) is 51.3 Å². The summed E-state index contributed by atoms with van der Waals surface area (Å²) in [7, 11) is 0. The summed E-state index contributed by atoms with van der Waals surface area (Å²) in [5.74, 6) is 0. The third-order valence-electron chi connectivity index (χ3n) is 2.64. The predicted molar refractivity (Wildman–Crippen MR) is 59.2 cm³/mol. The Balaban J connectivity index is 2.10. The van der Waals surface area contributed by atoms with Gasteiger partial charge in [-0.15, -0.1) is 0 Å². The molecule has 1 aliphatic heterocycles. The number of nitrogens with one attached hydrogen (secondary N) is 1. The van der Waals surface area contributed by atoms with Gasteiger partial charge in [0.2, 0.25) is 5.56 Å². The minimum absolute atomic E-state index is 0.0992. The summed E-state index contributed by atoms with van der Waals surface area (Å²) < 4.78 is 10.8. The maximum Gasteiger partial charge on any atom is 0.248 e.